The number of aliphatic hydroxyl groups is 1. The standard InChI is InChI=1S/C27H35N3O4/c1-20(29-10-13-33-14-11-29)22-6-7-25-26(16-22)34-15-12-30(27(25)32)19-24(31)18-28-9-8-21-4-2-3-5-23(21)17-28/h2-7,16,20,24,31H,8-15,17-19H2,1H3. The van der Waals surface area contributed by atoms with Crippen molar-refractivity contribution in [3.63, 3.8) is 0 Å². The Morgan fingerprint density at radius 3 is 2.59 bits per heavy atom. The molecule has 7 nitrogen and oxygen atoms in total. The summed E-state index contributed by atoms with van der Waals surface area (Å²) in [6.07, 6.45) is 0.397. The first kappa shape index (κ1) is 23.3. The highest BCUT2D eigenvalue weighted by Gasteiger charge is 2.28. The lowest BCUT2D eigenvalue weighted by molar-refractivity contribution is 0.0198. The van der Waals surface area contributed by atoms with E-state index in [1.165, 1.54) is 11.1 Å². The number of carbonyl (C=O) groups is 1. The Morgan fingerprint density at radius 1 is 0.971 bits per heavy atom. The third-order valence-corrected chi connectivity index (χ3v) is 7.33. The van der Waals surface area contributed by atoms with E-state index in [0.717, 1.165) is 51.4 Å². The molecule has 1 amide bonds. The van der Waals surface area contributed by atoms with Crippen molar-refractivity contribution in [2.24, 2.45) is 0 Å². The maximum Gasteiger partial charge on any atom is 0.257 e. The molecule has 2 aromatic rings. The SMILES string of the molecule is CC(c1ccc2c(c1)OCCN(CC(O)CN1CCc3ccccc3C1)C2=O)N1CCOCC1. The van der Waals surface area contributed by atoms with Crippen LogP contribution in [0.1, 0.15) is 40.0 Å². The Hall–Kier alpha value is -2.45. The van der Waals surface area contributed by atoms with Gasteiger partial charge in [-0.15, -0.1) is 0 Å². The van der Waals surface area contributed by atoms with Crippen molar-refractivity contribution in [1.29, 1.82) is 0 Å². The number of morpholine rings is 1. The number of hydrogen-bond acceptors (Lipinski definition) is 6. The van der Waals surface area contributed by atoms with Gasteiger partial charge in [0.1, 0.15) is 12.4 Å². The molecule has 1 saturated heterocycles. The first-order valence-corrected chi connectivity index (χ1v) is 12.4. The van der Waals surface area contributed by atoms with Gasteiger partial charge >= 0.3 is 0 Å². The summed E-state index contributed by atoms with van der Waals surface area (Å²) in [5.74, 6) is 0.577. The molecule has 3 aliphatic heterocycles. The van der Waals surface area contributed by atoms with Crippen LogP contribution >= 0.6 is 0 Å². The zero-order chi connectivity index (χ0) is 23.5. The van der Waals surface area contributed by atoms with Crippen LogP contribution in [0.4, 0.5) is 0 Å². The third-order valence-electron chi connectivity index (χ3n) is 7.33. The fourth-order valence-electron chi connectivity index (χ4n) is 5.30. The Balaban J connectivity index is 1.21. The molecule has 3 aliphatic rings. The smallest absolute Gasteiger partial charge is 0.257 e. The average Bonchev–Trinajstić information content (AvgIpc) is 3.02. The minimum Gasteiger partial charge on any atom is -0.491 e. The van der Waals surface area contributed by atoms with Gasteiger partial charge in [0.25, 0.3) is 5.91 Å². The number of benzene rings is 2. The highest BCUT2D eigenvalue weighted by molar-refractivity contribution is 5.97. The van der Waals surface area contributed by atoms with E-state index >= 15 is 0 Å². The van der Waals surface area contributed by atoms with Crippen molar-refractivity contribution < 1.29 is 19.4 Å². The minimum atomic E-state index is -0.601. The second kappa shape index (κ2) is 10.4. The van der Waals surface area contributed by atoms with E-state index in [1.54, 1.807) is 4.90 Å². The first-order valence-electron chi connectivity index (χ1n) is 12.4. The van der Waals surface area contributed by atoms with Crippen molar-refractivity contribution >= 4 is 5.91 Å². The maximum absolute atomic E-state index is 13.3. The van der Waals surface area contributed by atoms with E-state index in [-0.39, 0.29) is 11.9 Å². The zero-order valence-electron chi connectivity index (χ0n) is 20.0. The number of hydrogen-bond donors (Lipinski definition) is 1. The fraction of sp³-hybridized carbons (Fsp3) is 0.519. The number of β-amino-alcohol motifs (C(OH)–C–C–N with tert-alkyl or cyclic N) is 1. The van der Waals surface area contributed by atoms with Gasteiger partial charge in [-0.25, -0.2) is 0 Å². The van der Waals surface area contributed by atoms with Gasteiger partial charge < -0.3 is 19.5 Å². The third kappa shape index (κ3) is 5.13. The summed E-state index contributed by atoms with van der Waals surface area (Å²) in [6, 6.07) is 14.7. The van der Waals surface area contributed by atoms with Crippen LogP contribution in [-0.2, 0) is 17.7 Å². The van der Waals surface area contributed by atoms with E-state index < -0.39 is 6.10 Å². The van der Waals surface area contributed by atoms with E-state index in [2.05, 4.69) is 41.0 Å². The monoisotopic (exact) mass is 465 g/mol. The quantitative estimate of drug-likeness (QED) is 0.707. The number of carbonyl (C=O) groups excluding carboxylic acids is 1. The van der Waals surface area contributed by atoms with Gasteiger partial charge in [0, 0.05) is 45.3 Å². The van der Waals surface area contributed by atoms with Crippen molar-refractivity contribution in [3.8, 4) is 5.75 Å². The number of fused-ring (bicyclic) bond motifs is 2. The van der Waals surface area contributed by atoms with Gasteiger partial charge in [-0.3, -0.25) is 14.6 Å². The Morgan fingerprint density at radius 2 is 1.76 bits per heavy atom. The van der Waals surface area contributed by atoms with Crippen LogP contribution in [-0.4, -0.2) is 90.9 Å². The molecule has 2 aromatic carbocycles. The van der Waals surface area contributed by atoms with Crippen LogP contribution < -0.4 is 4.74 Å². The molecule has 2 unspecified atom stereocenters. The largest absolute Gasteiger partial charge is 0.491 e. The molecule has 7 heteroatoms. The zero-order valence-corrected chi connectivity index (χ0v) is 20.0. The molecule has 34 heavy (non-hydrogen) atoms. The van der Waals surface area contributed by atoms with Crippen molar-refractivity contribution in [1.82, 2.24) is 14.7 Å². The lowest BCUT2D eigenvalue weighted by Gasteiger charge is -2.32. The van der Waals surface area contributed by atoms with Crippen molar-refractivity contribution in [2.75, 3.05) is 59.1 Å². The van der Waals surface area contributed by atoms with Crippen molar-refractivity contribution in [2.45, 2.75) is 32.0 Å². The molecule has 1 N–H and O–H groups in total. The van der Waals surface area contributed by atoms with Crippen LogP contribution in [0.25, 0.3) is 0 Å². The average molecular weight is 466 g/mol. The predicted molar refractivity (Wildman–Crippen MR) is 130 cm³/mol. The molecule has 3 heterocycles. The number of aliphatic hydroxyl groups excluding tert-OH is 1. The minimum absolute atomic E-state index is 0.0684. The Kier molecular flexibility index (Phi) is 7.15. The van der Waals surface area contributed by atoms with Gasteiger partial charge in [0.15, 0.2) is 0 Å². The van der Waals surface area contributed by atoms with E-state index in [9.17, 15) is 9.90 Å². The molecule has 5 rings (SSSR count). The number of nitrogens with zero attached hydrogens (tertiary/aromatic N) is 3. The lowest BCUT2D eigenvalue weighted by Crippen LogP contribution is -2.44. The molecule has 0 radical (unpaired) electrons. The number of ether oxygens (including phenoxy) is 2. The molecule has 182 valence electrons. The summed E-state index contributed by atoms with van der Waals surface area (Å²) < 4.78 is 11.5. The van der Waals surface area contributed by atoms with Crippen LogP contribution in [0.2, 0.25) is 0 Å². The summed E-state index contributed by atoms with van der Waals surface area (Å²) in [5, 5.41) is 10.8. The summed E-state index contributed by atoms with van der Waals surface area (Å²) in [6.45, 7) is 9.06. The molecule has 0 spiro atoms. The van der Waals surface area contributed by atoms with Gasteiger partial charge in [-0.05, 0) is 42.2 Å². The van der Waals surface area contributed by atoms with Gasteiger partial charge in [0.05, 0.1) is 31.4 Å². The van der Waals surface area contributed by atoms with Crippen LogP contribution in [0.5, 0.6) is 5.75 Å². The highest BCUT2D eigenvalue weighted by Crippen LogP contribution is 2.30. The van der Waals surface area contributed by atoms with Crippen LogP contribution in [0, 0.1) is 0 Å². The molecule has 0 bridgehead atoms. The molecule has 0 aromatic heterocycles. The number of rotatable bonds is 6. The van der Waals surface area contributed by atoms with E-state index in [1.807, 2.05) is 18.2 Å². The predicted octanol–water partition coefficient (Wildman–Crippen LogP) is 2.33. The Labute approximate surface area is 201 Å². The topological polar surface area (TPSA) is 65.5 Å². The normalized spacial score (nSPS) is 21.2. The first-order chi connectivity index (χ1) is 16.6. The lowest BCUT2D eigenvalue weighted by atomic mass is 10.00. The molecule has 0 aliphatic carbocycles. The molecule has 1 fully saturated rings. The summed E-state index contributed by atoms with van der Waals surface area (Å²) >= 11 is 0. The molecule has 0 saturated carbocycles. The van der Waals surface area contributed by atoms with Crippen LogP contribution in [0.15, 0.2) is 42.5 Å². The van der Waals surface area contributed by atoms with E-state index in [4.69, 9.17) is 9.47 Å². The summed E-state index contributed by atoms with van der Waals surface area (Å²) in [7, 11) is 0. The van der Waals surface area contributed by atoms with Gasteiger partial charge in [-0.1, -0.05) is 30.3 Å². The summed E-state index contributed by atoms with van der Waals surface area (Å²) in [5.41, 5.74) is 4.45. The summed E-state index contributed by atoms with van der Waals surface area (Å²) in [4.78, 5) is 19.7. The van der Waals surface area contributed by atoms with Gasteiger partial charge in [-0.2, -0.15) is 0 Å². The molecular formula is C27H35N3O4. The van der Waals surface area contributed by atoms with Gasteiger partial charge in [0.2, 0.25) is 0 Å². The highest BCUT2D eigenvalue weighted by atomic mass is 16.5. The van der Waals surface area contributed by atoms with E-state index in [0.29, 0.717) is 37.6 Å². The molecular weight excluding hydrogens is 430 g/mol. The van der Waals surface area contributed by atoms with Crippen LogP contribution in [0.3, 0.4) is 0 Å². The fourth-order valence-corrected chi connectivity index (χ4v) is 5.30. The number of amides is 1. The second-order valence-corrected chi connectivity index (χ2v) is 9.59. The molecule has 2 atom stereocenters. The van der Waals surface area contributed by atoms with Crippen molar-refractivity contribution in [3.05, 3.63) is 64.7 Å². The second-order valence-electron chi connectivity index (χ2n) is 9.59. The Bertz CT molecular complexity index is 1010. The maximum atomic E-state index is 13.3.